The zero-order valence-corrected chi connectivity index (χ0v) is 19.4. The van der Waals surface area contributed by atoms with E-state index in [4.69, 9.17) is 18.6 Å². The number of benzene rings is 2. The Morgan fingerprint density at radius 1 is 0.781 bits per heavy atom. The Morgan fingerprint density at radius 2 is 1.38 bits per heavy atom. The summed E-state index contributed by atoms with van der Waals surface area (Å²) >= 11 is 0. The minimum absolute atomic E-state index is 0.113. The summed E-state index contributed by atoms with van der Waals surface area (Å²) in [4.78, 5) is 0. The molecule has 1 aromatic heterocycles. The van der Waals surface area contributed by atoms with Gasteiger partial charge < -0.3 is 12.9 Å². The highest BCUT2D eigenvalue weighted by atomic mass is 32.2. The van der Waals surface area contributed by atoms with E-state index in [1.165, 1.54) is 18.6 Å². The average Bonchev–Trinajstić information content (AvgIpc) is 3.04. The molecule has 0 bridgehead atoms. The number of aromatic nitrogens is 1. The number of fused-ring (bicyclic) bond motifs is 1. The van der Waals surface area contributed by atoms with Crippen LogP contribution >= 0.6 is 0 Å². The van der Waals surface area contributed by atoms with Crippen LogP contribution in [0.1, 0.15) is 39.0 Å². The van der Waals surface area contributed by atoms with Gasteiger partial charge in [0.15, 0.2) is 0 Å². The van der Waals surface area contributed by atoms with Crippen molar-refractivity contribution in [3.63, 3.8) is 0 Å². The van der Waals surface area contributed by atoms with Gasteiger partial charge in [0.05, 0.1) is 5.52 Å². The Balaban J connectivity index is 1.98. The summed E-state index contributed by atoms with van der Waals surface area (Å²) in [6.07, 6.45) is 5.49. The first kappa shape index (κ1) is 24.1. The fourth-order valence-corrected chi connectivity index (χ4v) is 4.34. The zero-order chi connectivity index (χ0) is 23.4. The Labute approximate surface area is 188 Å². The molecule has 3 aromatic rings. The molecule has 0 spiro atoms. The normalized spacial score (nSPS) is 12.2. The van der Waals surface area contributed by atoms with Crippen molar-refractivity contribution in [1.29, 1.82) is 0 Å². The van der Waals surface area contributed by atoms with Crippen molar-refractivity contribution in [2.45, 2.75) is 45.6 Å². The predicted octanol–water partition coefficient (Wildman–Crippen LogP) is 3.44. The summed E-state index contributed by atoms with van der Waals surface area (Å²) in [5.41, 5.74) is 2.54. The summed E-state index contributed by atoms with van der Waals surface area (Å²) in [5, 5.41) is 10.8. The topological polar surface area (TPSA) is 144 Å². The third-order valence-electron chi connectivity index (χ3n) is 4.94. The van der Waals surface area contributed by atoms with E-state index in [0.29, 0.717) is 0 Å². The van der Waals surface area contributed by atoms with Crippen LogP contribution in [0, 0.1) is 0 Å². The van der Waals surface area contributed by atoms with Crippen molar-refractivity contribution in [2.75, 3.05) is 0 Å². The minimum atomic E-state index is -4.13. The quantitative estimate of drug-likeness (QED) is 0.401. The van der Waals surface area contributed by atoms with Gasteiger partial charge in [-0.05, 0) is 54.4 Å². The average molecular weight is 482 g/mol. The van der Waals surface area contributed by atoms with Crippen molar-refractivity contribution in [3.05, 3.63) is 48.5 Å². The van der Waals surface area contributed by atoms with Crippen LogP contribution in [0.3, 0.4) is 0 Å². The molecular weight excluding hydrogens is 454 g/mol. The smallest absolute Gasteiger partial charge is 0.371 e. The second kappa shape index (κ2) is 9.90. The van der Waals surface area contributed by atoms with Crippen molar-refractivity contribution in [1.82, 2.24) is 4.57 Å². The Kier molecular flexibility index (Phi) is 7.44. The van der Waals surface area contributed by atoms with E-state index in [-0.39, 0.29) is 11.5 Å². The van der Waals surface area contributed by atoms with Crippen LogP contribution in [-0.4, -0.2) is 21.4 Å². The third kappa shape index (κ3) is 6.70. The molecule has 0 unspecified atom stereocenters. The highest BCUT2D eigenvalue weighted by Crippen LogP contribution is 2.32. The molecule has 0 radical (unpaired) electrons. The molecule has 1 heterocycles. The van der Waals surface area contributed by atoms with Crippen LogP contribution in [0.4, 0.5) is 0 Å². The summed E-state index contributed by atoms with van der Waals surface area (Å²) in [5.74, 6) is 0.246. The Morgan fingerprint density at radius 3 is 2.00 bits per heavy atom. The van der Waals surface area contributed by atoms with E-state index >= 15 is 0 Å². The minimum Gasteiger partial charge on any atom is -0.371 e. The second-order valence-electron chi connectivity index (χ2n) is 7.49. The molecule has 0 saturated heterocycles. The summed E-state index contributed by atoms with van der Waals surface area (Å²) in [7, 11) is -8.23. The molecule has 4 N–H and O–H groups in total. The third-order valence-corrected chi connectivity index (χ3v) is 5.79. The van der Waals surface area contributed by atoms with Gasteiger partial charge in [-0.3, -0.25) is 0 Å². The summed E-state index contributed by atoms with van der Waals surface area (Å²) in [6, 6.07) is 13.5. The number of hydrogen-bond acceptors (Lipinski definition) is 6. The first-order chi connectivity index (χ1) is 15.1. The van der Waals surface area contributed by atoms with Crippen LogP contribution < -0.4 is 18.6 Å². The predicted molar refractivity (Wildman–Crippen MR) is 124 cm³/mol. The van der Waals surface area contributed by atoms with Gasteiger partial charge in [0.25, 0.3) is 0 Å². The molecule has 0 fully saturated rings. The molecule has 32 heavy (non-hydrogen) atoms. The molecule has 0 amide bonds. The fourth-order valence-electron chi connectivity index (χ4n) is 3.59. The molecule has 3 rings (SSSR count). The number of nitrogens with zero attached hydrogens (tertiary/aromatic N) is 1. The van der Waals surface area contributed by atoms with E-state index in [1.807, 2.05) is 6.07 Å². The second-order valence-corrected chi connectivity index (χ2v) is 9.80. The van der Waals surface area contributed by atoms with Crippen molar-refractivity contribution in [3.8, 4) is 22.8 Å². The molecule has 174 valence electrons. The maximum Gasteiger partial charge on any atom is 0.380 e. The lowest BCUT2D eigenvalue weighted by atomic mass is 10.1. The lowest BCUT2D eigenvalue weighted by molar-refractivity contribution is 0.486. The monoisotopic (exact) mass is 481 g/mol. The van der Waals surface area contributed by atoms with Crippen LogP contribution in [0.25, 0.3) is 22.2 Å². The van der Waals surface area contributed by atoms with Gasteiger partial charge in [0.1, 0.15) is 11.5 Å². The van der Waals surface area contributed by atoms with E-state index in [9.17, 15) is 16.8 Å². The number of unbranched alkanes of at least 4 members (excludes halogenated alkanes) is 4. The first-order valence-electron chi connectivity index (χ1n) is 10.2. The molecule has 11 heteroatoms. The lowest BCUT2D eigenvalue weighted by Crippen LogP contribution is -2.18. The van der Waals surface area contributed by atoms with Gasteiger partial charge in [-0.1, -0.05) is 32.6 Å². The molecule has 2 aromatic carbocycles. The van der Waals surface area contributed by atoms with Gasteiger partial charge in [0, 0.05) is 23.7 Å². The van der Waals surface area contributed by atoms with Gasteiger partial charge in [-0.25, -0.2) is 0 Å². The zero-order valence-electron chi connectivity index (χ0n) is 17.7. The molecule has 0 atom stereocenters. The number of hydrogen-bond donors (Lipinski definition) is 2. The van der Waals surface area contributed by atoms with Gasteiger partial charge in [-0.15, -0.1) is 0 Å². The van der Waals surface area contributed by atoms with Crippen molar-refractivity contribution >= 4 is 31.5 Å². The number of nitrogens with two attached hydrogens (primary N) is 2. The van der Waals surface area contributed by atoms with Gasteiger partial charge >= 0.3 is 20.6 Å². The number of rotatable bonds is 11. The Hall–Kier alpha value is -2.60. The van der Waals surface area contributed by atoms with Crippen LogP contribution in [-0.2, 0) is 27.2 Å². The maximum absolute atomic E-state index is 11.3. The SMILES string of the molecule is CCCCCCCn1c(-c2ccc(OS(N)(=O)=O)cc2)cc2ccc(OS(N)(=O)=O)cc21. The highest BCUT2D eigenvalue weighted by Gasteiger charge is 2.14. The molecule has 0 aliphatic heterocycles. The summed E-state index contributed by atoms with van der Waals surface area (Å²) < 4.78 is 56.6. The van der Waals surface area contributed by atoms with E-state index in [1.54, 1.807) is 30.3 Å². The molecule has 0 saturated carbocycles. The standard InChI is InChI=1S/C21H27N3O6S2/c1-2-3-4-5-6-13-24-20(16-7-10-18(11-8-16)29-31(22,25)26)14-17-9-12-19(15-21(17)24)30-32(23,27)28/h7-12,14-15H,2-6,13H2,1H3,(H2,22,25,26)(H2,23,27,28). The molecule has 0 aliphatic carbocycles. The number of aryl methyl sites for hydroxylation is 1. The fraction of sp³-hybridized carbons (Fsp3) is 0.333. The molecular formula is C21H27N3O6S2. The van der Waals surface area contributed by atoms with E-state index in [2.05, 4.69) is 11.5 Å². The lowest BCUT2D eigenvalue weighted by Gasteiger charge is -2.12. The van der Waals surface area contributed by atoms with Gasteiger partial charge in [0.2, 0.25) is 0 Å². The highest BCUT2D eigenvalue weighted by molar-refractivity contribution is 7.85. The van der Waals surface area contributed by atoms with Gasteiger partial charge in [-0.2, -0.15) is 27.1 Å². The summed E-state index contributed by atoms with van der Waals surface area (Å²) in [6.45, 7) is 2.88. The maximum atomic E-state index is 11.3. The van der Waals surface area contributed by atoms with E-state index < -0.39 is 20.6 Å². The molecule has 0 aliphatic rings. The van der Waals surface area contributed by atoms with Crippen LogP contribution in [0.5, 0.6) is 11.5 Å². The van der Waals surface area contributed by atoms with Crippen molar-refractivity contribution in [2.24, 2.45) is 10.3 Å². The first-order valence-corrected chi connectivity index (χ1v) is 13.2. The van der Waals surface area contributed by atoms with Crippen LogP contribution in [0.15, 0.2) is 48.5 Å². The molecule has 9 nitrogen and oxygen atoms in total. The van der Waals surface area contributed by atoms with Crippen LogP contribution in [0.2, 0.25) is 0 Å². The van der Waals surface area contributed by atoms with Crippen molar-refractivity contribution < 1.29 is 25.2 Å². The Bertz CT molecular complexity index is 1280. The van der Waals surface area contributed by atoms with E-state index in [0.717, 1.165) is 54.4 Å². The largest absolute Gasteiger partial charge is 0.380 e.